The van der Waals surface area contributed by atoms with Crippen LogP contribution in [0.2, 0.25) is 0 Å². The van der Waals surface area contributed by atoms with E-state index >= 15 is 0 Å². The van der Waals surface area contributed by atoms with Gasteiger partial charge in [0.15, 0.2) is 0 Å². The highest BCUT2D eigenvalue weighted by Gasteiger charge is 2.30. The van der Waals surface area contributed by atoms with E-state index in [0.717, 1.165) is 68.8 Å². The second-order valence-electron chi connectivity index (χ2n) is 7.52. The minimum absolute atomic E-state index is 0.108. The number of nitrogens with one attached hydrogen (secondary N) is 2. The summed E-state index contributed by atoms with van der Waals surface area (Å²) in [7, 11) is 0. The Morgan fingerprint density at radius 2 is 1.96 bits per heavy atom. The average Bonchev–Trinajstić information content (AvgIpc) is 3.13. The molecule has 3 heterocycles. The summed E-state index contributed by atoms with van der Waals surface area (Å²) in [5.74, 6) is 1.08. The van der Waals surface area contributed by atoms with E-state index in [2.05, 4.69) is 20.2 Å². The summed E-state index contributed by atoms with van der Waals surface area (Å²) >= 11 is 0. The molecule has 2 aliphatic rings. The molecule has 0 spiro atoms. The van der Waals surface area contributed by atoms with Gasteiger partial charge in [-0.1, -0.05) is 12.1 Å². The molecule has 2 N–H and O–H groups in total. The van der Waals surface area contributed by atoms with Crippen LogP contribution in [-0.4, -0.2) is 53.1 Å². The number of likely N-dealkylation sites (tertiary alicyclic amines) is 1. The molecule has 1 aromatic carbocycles. The van der Waals surface area contributed by atoms with E-state index in [1.165, 1.54) is 0 Å². The molecule has 0 unspecified atom stereocenters. The first-order chi connectivity index (χ1) is 12.7. The van der Waals surface area contributed by atoms with E-state index in [4.69, 9.17) is 4.74 Å². The third-order valence-electron chi connectivity index (χ3n) is 5.78. The average molecular weight is 356 g/mol. The predicted octanol–water partition coefficient (Wildman–Crippen LogP) is 2.63. The molecule has 6 heteroatoms. The highest BCUT2D eigenvalue weighted by Crippen LogP contribution is 2.24. The molecule has 140 valence electrons. The number of nitrogens with zero attached hydrogens (tertiary/aromatic N) is 2. The van der Waals surface area contributed by atoms with Gasteiger partial charge in [0.1, 0.15) is 5.82 Å². The highest BCUT2D eigenvalue weighted by molar-refractivity contribution is 5.79. The normalized spacial score (nSPS) is 21.7. The first kappa shape index (κ1) is 17.5. The van der Waals surface area contributed by atoms with E-state index in [0.29, 0.717) is 6.04 Å². The number of hydrogen-bond donors (Lipinski definition) is 2. The molecule has 2 aliphatic heterocycles. The maximum Gasteiger partial charge on any atom is 0.223 e. The lowest BCUT2D eigenvalue weighted by Gasteiger charge is -2.38. The largest absolute Gasteiger partial charge is 0.381 e. The van der Waals surface area contributed by atoms with Gasteiger partial charge in [0.25, 0.3) is 0 Å². The number of benzene rings is 1. The minimum atomic E-state index is -0.108. The first-order valence-electron chi connectivity index (χ1n) is 9.77. The van der Waals surface area contributed by atoms with Gasteiger partial charge in [0.05, 0.1) is 17.1 Å². The Kier molecular flexibility index (Phi) is 5.22. The Bertz CT molecular complexity index is 712. The van der Waals surface area contributed by atoms with Gasteiger partial charge in [-0.25, -0.2) is 4.98 Å². The van der Waals surface area contributed by atoms with E-state index < -0.39 is 0 Å². The number of fused-ring (bicyclic) bond motifs is 1. The number of piperidine rings is 1. The number of amides is 1. The number of hydrogen-bond acceptors (Lipinski definition) is 4. The summed E-state index contributed by atoms with van der Waals surface area (Å²) in [5.41, 5.74) is 1.95. The van der Waals surface area contributed by atoms with Crippen molar-refractivity contribution >= 4 is 16.9 Å². The zero-order valence-corrected chi connectivity index (χ0v) is 15.4. The van der Waals surface area contributed by atoms with Crippen molar-refractivity contribution in [3.05, 3.63) is 30.1 Å². The van der Waals surface area contributed by atoms with Gasteiger partial charge in [0.2, 0.25) is 5.91 Å². The van der Waals surface area contributed by atoms with Crippen LogP contribution in [0.15, 0.2) is 24.3 Å². The second kappa shape index (κ2) is 7.76. The fourth-order valence-corrected chi connectivity index (χ4v) is 4.15. The standard InChI is InChI=1S/C20H28N4O2/c1-14(19-22-17-4-2-3-5-18(17)23-19)21-20(25)15-6-10-24(11-7-15)16-8-12-26-13-9-16/h2-5,14-16H,6-13H2,1H3,(H,21,25)(H,22,23)/t14-/m1/s1. The summed E-state index contributed by atoms with van der Waals surface area (Å²) in [5, 5.41) is 3.15. The number of rotatable bonds is 4. The van der Waals surface area contributed by atoms with Crippen LogP contribution < -0.4 is 5.32 Å². The Labute approximate surface area is 154 Å². The van der Waals surface area contributed by atoms with Crippen molar-refractivity contribution in [2.75, 3.05) is 26.3 Å². The summed E-state index contributed by atoms with van der Waals surface area (Å²) in [6, 6.07) is 8.48. The van der Waals surface area contributed by atoms with E-state index in [-0.39, 0.29) is 17.9 Å². The van der Waals surface area contributed by atoms with Crippen molar-refractivity contribution in [1.29, 1.82) is 0 Å². The minimum Gasteiger partial charge on any atom is -0.381 e. The molecule has 6 nitrogen and oxygen atoms in total. The Morgan fingerprint density at radius 1 is 1.23 bits per heavy atom. The van der Waals surface area contributed by atoms with Crippen molar-refractivity contribution in [2.24, 2.45) is 5.92 Å². The summed E-state index contributed by atoms with van der Waals surface area (Å²) in [6.45, 7) is 5.77. The molecular weight excluding hydrogens is 328 g/mol. The van der Waals surface area contributed by atoms with Crippen molar-refractivity contribution in [3.63, 3.8) is 0 Å². The highest BCUT2D eigenvalue weighted by atomic mass is 16.5. The Morgan fingerprint density at radius 3 is 2.69 bits per heavy atom. The SMILES string of the molecule is C[C@@H](NC(=O)C1CCN(C2CCOCC2)CC1)c1nc2ccccc2[nH]1. The molecular formula is C20H28N4O2. The van der Waals surface area contributed by atoms with Gasteiger partial charge < -0.3 is 19.9 Å². The smallest absolute Gasteiger partial charge is 0.223 e. The zero-order chi connectivity index (χ0) is 17.9. The van der Waals surface area contributed by atoms with E-state index in [1.54, 1.807) is 0 Å². The number of aromatic nitrogens is 2. The fraction of sp³-hybridized carbons (Fsp3) is 0.600. The molecule has 0 bridgehead atoms. The lowest BCUT2D eigenvalue weighted by atomic mass is 9.93. The number of para-hydroxylation sites is 2. The fourth-order valence-electron chi connectivity index (χ4n) is 4.15. The summed E-state index contributed by atoms with van der Waals surface area (Å²) < 4.78 is 5.46. The van der Waals surface area contributed by atoms with Gasteiger partial charge in [-0.15, -0.1) is 0 Å². The lowest BCUT2D eigenvalue weighted by molar-refractivity contribution is -0.127. The third-order valence-corrected chi connectivity index (χ3v) is 5.78. The predicted molar refractivity (Wildman–Crippen MR) is 101 cm³/mol. The van der Waals surface area contributed by atoms with Crippen LogP contribution in [0, 0.1) is 5.92 Å². The topological polar surface area (TPSA) is 70.2 Å². The molecule has 0 aliphatic carbocycles. The number of imidazole rings is 1. The van der Waals surface area contributed by atoms with Crippen molar-refractivity contribution < 1.29 is 9.53 Å². The molecule has 4 rings (SSSR count). The maximum absolute atomic E-state index is 12.7. The maximum atomic E-state index is 12.7. The number of carbonyl (C=O) groups excluding carboxylic acids is 1. The summed E-state index contributed by atoms with van der Waals surface area (Å²) in [6.07, 6.45) is 4.13. The first-order valence-corrected chi connectivity index (χ1v) is 9.77. The second-order valence-corrected chi connectivity index (χ2v) is 7.52. The van der Waals surface area contributed by atoms with Gasteiger partial charge in [-0.05, 0) is 57.8 Å². The number of H-pyrrole nitrogens is 1. The quantitative estimate of drug-likeness (QED) is 0.883. The number of carbonyl (C=O) groups is 1. The number of ether oxygens (including phenoxy) is 1. The van der Waals surface area contributed by atoms with Gasteiger partial charge in [-0.2, -0.15) is 0 Å². The third kappa shape index (κ3) is 3.76. The van der Waals surface area contributed by atoms with E-state index in [1.807, 2.05) is 31.2 Å². The molecule has 2 fully saturated rings. The van der Waals surface area contributed by atoms with Crippen LogP contribution in [0.5, 0.6) is 0 Å². The molecule has 26 heavy (non-hydrogen) atoms. The van der Waals surface area contributed by atoms with Crippen molar-refractivity contribution in [1.82, 2.24) is 20.2 Å². The van der Waals surface area contributed by atoms with Crippen LogP contribution in [0.1, 0.15) is 44.5 Å². The van der Waals surface area contributed by atoms with Gasteiger partial charge in [-0.3, -0.25) is 4.79 Å². The van der Waals surface area contributed by atoms with Gasteiger partial charge >= 0.3 is 0 Å². The van der Waals surface area contributed by atoms with Crippen LogP contribution in [0.25, 0.3) is 11.0 Å². The summed E-state index contributed by atoms with van der Waals surface area (Å²) in [4.78, 5) is 23.1. The molecule has 2 aromatic rings. The van der Waals surface area contributed by atoms with Crippen LogP contribution in [0.4, 0.5) is 0 Å². The van der Waals surface area contributed by atoms with Crippen LogP contribution >= 0.6 is 0 Å². The molecule has 0 radical (unpaired) electrons. The van der Waals surface area contributed by atoms with Crippen LogP contribution in [-0.2, 0) is 9.53 Å². The van der Waals surface area contributed by atoms with Crippen molar-refractivity contribution in [2.45, 2.75) is 44.7 Å². The van der Waals surface area contributed by atoms with Crippen LogP contribution in [0.3, 0.4) is 0 Å². The number of aromatic amines is 1. The molecule has 2 saturated heterocycles. The molecule has 0 saturated carbocycles. The molecule has 1 amide bonds. The van der Waals surface area contributed by atoms with Gasteiger partial charge in [0, 0.05) is 25.2 Å². The Hall–Kier alpha value is -1.92. The molecule has 1 atom stereocenters. The molecule has 1 aromatic heterocycles. The monoisotopic (exact) mass is 356 g/mol. The van der Waals surface area contributed by atoms with E-state index in [9.17, 15) is 4.79 Å². The van der Waals surface area contributed by atoms with Crippen molar-refractivity contribution in [3.8, 4) is 0 Å². The zero-order valence-electron chi connectivity index (χ0n) is 15.4. The lowest BCUT2D eigenvalue weighted by Crippen LogP contribution is -2.46. The Balaban J connectivity index is 1.30.